The van der Waals surface area contributed by atoms with Gasteiger partial charge < -0.3 is 19.9 Å². The molecule has 5 rings (SSSR count). The van der Waals surface area contributed by atoms with Crippen molar-refractivity contribution in [2.45, 2.75) is 70.7 Å². The summed E-state index contributed by atoms with van der Waals surface area (Å²) < 4.78 is 11.4. The quantitative estimate of drug-likeness (QED) is 0.330. The van der Waals surface area contributed by atoms with Crippen LogP contribution in [0.25, 0.3) is 0 Å². The topological polar surface area (TPSA) is 132 Å². The number of rotatable bonds is 5. The maximum Gasteiger partial charge on any atom is 0.232 e. The van der Waals surface area contributed by atoms with Crippen LogP contribution in [-0.4, -0.2) is 84.0 Å². The summed E-state index contributed by atoms with van der Waals surface area (Å²) in [6.45, 7) is 6.99. The molecule has 39 heavy (non-hydrogen) atoms. The fourth-order valence-electron chi connectivity index (χ4n) is 6.97. The number of hydrogen-bond donors (Lipinski definition) is 2. The third-order valence-electron chi connectivity index (χ3n) is 8.89. The number of nitrogens with zero attached hydrogens (tertiary/aromatic N) is 3. The van der Waals surface area contributed by atoms with Crippen molar-refractivity contribution in [2.24, 2.45) is 0 Å². The predicted octanol–water partition coefficient (Wildman–Crippen LogP) is 1.95. The lowest BCUT2D eigenvalue weighted by Crippen LogP contribution is -2.71. The molecule has 5 atom stereocenters. The van der Waals surface area contributed by atoms with Gasteiger partial charge in [0, 0.05) is 54.9 Å². The third kappa shape index (κ3) is 3.99. The van der Waals surface area contributed by atoms with Crippen molar-refractivity contribution in [1.29, 1.82) is 5.26 Å². The molecule has 1 aromatic rings. The van der Waals surface area contributed by atoms with E-state index in [1.807, 2.05) is 25.8 Å². The number of hydrogen-bond acceptors (Lipinski definition) is 9. The molecule has 4 aliphatic rings. The first kappa shape index (κ1) is 27.1. The van der Waals surface area contributed by atoms with E-state index in [4.69, 9.17) is 9.47 Å². The maximum absolute atomic E-state index is 13.4. The summed E-state index contributed by atoms with van der Waals surface area (Å²) in [6.07, 6.45) is 0.841. The van der Waals surface area contributed by atoms with Gasteiger partial charge in [-0.1, -0.05) is 6.07 Å². The van der Waals surface area contributed by atoms with Crippen LogP contribution in [0.2, 0.25) is 0 Å². The van der Waals surface area contributed by atoms with Crippen molar-refractivity contribution in [3.8, 4) is 11.8 Å². The number of piperazine rings is 1. The first-order valence-corrected chi connectivity index (χ1v) is 13.1. The van der Waals surface area contributed by atoms with Crippen molar-refractivity contribution >= 4 is 17.5 Å². The van der Waals surface area contributed by atoms with E-state index in [0.717, 1.165) is 28.0 Å². The number of aliphatic hydroxyl groups excluding tert-OH is 1. The number of allylic oxidation sites excluding steroid dienone is 2. The van der Waals surface area contributed by atoms with Crippen LogP contribution in [0.5, 0.6) is 5.75 Å². The van der Waals surface area contributed by atoms with E-state index in [0.29, 0.717) is 12.0 Å². The predicted molar refractivity (Wildman–Crippen MR) is 141 cm³/mol. The normalized spacial score (nSPS) is 28.5. The van der Waals surface area contributed by atoms with E-state index < -0.39 is 23.7 Å². The van der Waals surface area contributed by atoms with Gasteiger partial charge in [0.1, 0.15) is 17.6 Å². The Kier molecular flexibility index (Phi) is 6.87. The number of methoxy groups -OCH3 is 1. The Hall–Kier alpha value is -3.52. The van der Waals surface area contributed by atoms with Gasteiger partial charge >= 0.3 is 0 Å². The molecule has 10 nitrogen and oxygen atoms in total. The Morgan fingerprint density at radius 2 is 1.92 bits per heavy atom. The molecule has 0 aromatic heterocycles. The Morgan fingerprint density at radius 3 is 2.56 bits per heavy atom. The van der Waals surface area contributed by atoms with Crippen molar-refractivity contribution in [2.75, 3.05) is 27.5 Å². The van der Waals surface area contributed by atoms with Crippen LogP contribution in [0.15, 0.2) is 28.5 Å². The standard InChI is InChI=1S/C29H34N4O6/c1-13-7-17-8-19-21(10-30)33-20(25(32(19)5)23(17)29(14(13)2)39-12-38-6)9-18-24(22(33)11-31-16(4)34)28(37)27(36)15(3)26(18)35/h7,19-22,25,35H,8-9,11-12H2,1-6H3,(H,31,34)/t19-,20?,21-,22-,25-/m0/s1. The van der Waals surface area contributed by atoms with Crippen molar-refractivity contribution in [3.05, 3.63) is 50.8 Å². The highest BCUT2D eigenvalue weighted by Gasteiger charge is 2.57. The van der Waals surface area contributed by atoms with Gasteiger partial charge in [-0.2, -0.15) is 5.26 Å². The number of carbonyl (C=O) groups excluding carboxylic acids is 3. The van der Waals surface area contributed by atoms with Gasteiger partial charge in [-0.15, -0.1) is 0 Å². The first-order valence-electron chi connectivity index (χ1n) is 13.1. The van der Waals surface area contributed by atoms with Crippen LogP contribution in [0, 0.1) is 25.2 Å². The number of carbonyl (C=O) groups is 3. The summed E-state index contributed by atoms with van der Waals surface area (Å²) in [5, 5.41) is 24.4. The van der Waals surface area contributed by atoms with Crippen molar-refractivity contribution in [1.82, 2.24) is 15.1 Å². The number of Topliss-reactive ketones (excluding diaryl/α,β-unsaturated/α-hetero) is 2. The summed E-state index contributed by atoms with van der Waals surface area (Å²) >= 11 is 0. The van der Waals surface area contributed by atoms with E-state index in [-0.39, 0.29) is 60.7 Å². The Morgan fingerprint density at radius 1 is 1.21 bits per heavy atom. The Bertz CT molecular complexity index is 1390. The molecule has 0 radical (unpaired) electrons. The molecule has 3 heterocycles. The van der Waals surface area contributed by atoms with Crippen LogP contribution in [-0.2, 0) is 25.5 Å². The molecular weight excluding hydrogens is 500 g/mol. The number of nitrogens with one attached hydrogen (secondary N) is 1. The number of fused-ring (bicyclic) bond motifs is 6. The van der Waals surface area contributed by atoms with Crippen LogP contribution >= 0.6 is 0 Å². The second-order valence-corrected chi connectivity index (χ2v) is 10.9. The Balaban J connectivity index is 1.75. The van der Waals surface area contributed by atoms with E-state index in [1.165, 1.54) is 13.8 Å². The second kappa shape index (κ2) is 9.90. The molecule has 1 amide bonds. The second-order valence-electron chi connectivity index (χ2n) is 10.9. The number of amides is 1. The molecule has 1 saturated heterocycles. The number of likely N-dealkylation sites (N-methyl/N-ethyl adjacent to an activating group) is 1. The van der Waals surface area contributed by atoms with Crippen LogP contribution < -0.4 is 10.1 Å². The molecule has 0 saturated carbocycles. The zero-order chi connectivity index (χ0) is 28.3. The van der Waals surface area contributed by atoms with E-state index >= 15 is 0 Å². The van der Waals surface area contributed by atoms with E-state index in [9.17, 15) is 24.8 Å². The molecule has 2 N–H and O–H groups in total. The number of nitriles is 1. The Labute approximate surface area is 227 Å². The molecule has 2 bridgehead atoms. The monoisotopic (exact) mass is 534 g/mol. The average molecular weight is 535 g/mol. The number of ketones is 2. The van der Waals surface area contributed by atoms with E-state index in [2.05, 4.69) is 22.4 Å². The largest absolute Gasteiger partial charge is 0.507 e. The number of aliphatic hydroxyl groups is 1. The van der Waals surface area contributed by atoms with Gasteiger partial charge in [0.25, 0.3) is 0 Å². The first-order chi connectivity index (χ1) is 18.5. The lowest BCUT2D eigenvalue weighted by molar-refractivity contribution is -0.134. The summed E-state index contributed by atoms with van der Waals surface area (Å²) in [5.41, 5.74) is 4.78. The molecule has 206 valence electrons. The van der Waals surface area contributed by atoms with E-state index in [1.54, 1.807) is 7.11 Å². The molecule has 1 aromatic carbocycles. The molecule has 10 heteroatoms. The van der Waals surface area contributed by atoms with Crippen molar-refractivity contribution < 1.29 is 29.0 Å². The van der Waals surface area contributed by atoms with Crippen LogP contribution in [0.4, 0.5) is 0 Å². The molecule has 0 spiro atoms. The zero-order valence-corrected chi connectivity index (χ0v) is 23.1. The molecular formula is C29H34N4O6. The molecule has 3 aliphatic heterocycles. The lowest BCUT2D eigenvalue weighted by Gasteiger charge is -2.60. The highest BCUT2D eigenvalue weighted by atomic mass is 16.7. The smallest absolute Gasteiger partial charge is 0.232 e. The summed E-state index contributed by atoms with van der Waals surface area (Å²) in [5.74, 6) is -1.19. The summed E-state index contributed by atoms with van der Waals surface area (Å²) in [6, 6.07) is 2.46. The fourth-order valence-corrected chi connectivity index (χ4v) is 6.97. The van der Waals surface area contributed by atoms with Gasteiger partial charge in [-0.05, 0) is 57.4 Å². The number of benzene rings is 1. The maximum atomic E-state index is 13.4. The minimum atomic E-state index is -0.757. The highest BCUT2D eigenvalue weighted by Crippen LogP contribution is 2.52. The average Bonchev–Trinajstić information content (AvgIpc) is 2.90. The molecule has 1 unspecified atom stereocenters. The fraction of sp³-hybridized carbons (Fsp3) is 0.517. The minimum absolute atomic E-state index is 0.0176. The number of aryl methyl sites for hydroxylation is 1. The minimum Gasteiger partial charge on any atom is -0.507 e. The third-order valence-corrected chi connectivity index (χ3v) is 8.89. The number of ether oxygens (including phenoxy) is 2. The van der Waals surface area contributed by atoms with Gasteiger partial charge in [0.15, 0.2) is 6.79 Å². The SMILES string of the molecule is COCOc1c(C)c(C)cc2c1[C@@H]1C3CC4=C(C(=O)C(=O)C(C)=C4O)[C@H](CNC(C)=O)N3[C@@H](C#N)[C@H](C2)N1C. The van der Waals surface area contributed by atoms with Crippen LogP contribution in [0.1, 0.15) is 48.6 Å². The lowest BCUT2D eigenvalue weighted by atomic mass is 9.69. The summed E-state index contributed by atoms with van der Waals surface area (Å²) in [4.78, 5) is 42.4. The zero-order valence-electron chi connectivity index (χ0n) is 23.1. The van der Waals surface area contributed by atoms with Gasteiger partial charge in [-0.25, -0.2) is 0 Å². The molecule has 1 fully saturated rings. The summed E-state index contributed by atoms with van der Waals surface area (Å²) in [7, 11) is 3.57. The van der Waals surface area contributed by atoms with Crippen molar-refractivity contribution in [3.63, 3.8) is 0 Å². The highest BCUT2D eigenvalue weighted by molar-refractivity contribution is 6.50. The molecule has 1 aliphatic carbocycles. The van der Waals surface area contributed by atoms with Gasteiger partial charge in [0.05, 0.1) is 18.2 Å². The van der Waals surface area contributed by atoms with Crippen LogP contribution in [0.3, 0.4) is 0 Å². The van der Waals surface area contributed by atoms with Gasteiger partial charge in [0.2, 0.25) is 17.5 Å². The van der Waals surface area contributed by atoms with Gasteiger partial charge in [-0.3, -0.25) is 24.2 Å².